The van der Waals surface area contributed by atoms with Gasteiger partial charge < -0.3 is 10.5 Å². The number of halogens is 1. The van der Waals surface area contributed by atoms with Crippen LogP contribution in [0.15, 0.2) is 42.6 Å². The van der Waals surface area contributed by atoms with Crippen molar-refractivity contribution in [2.24, 2.45) is 5.73 Å². The minimum atomic E-state index is -0.412. The predicted octanol–water partition coefficient (Wildman–Crippen LogP) is 3.03. The van der Waals surface area contributed by atoms with E-state index in [1.807, 2.05) is 13.0 Å². The molecule has 0 saturated carbocycles. The van der Waals surface area contributed by atoms with Gasteiger partial charge in [-0.3, -0.25) is 0 Å². The Hall–Kier alpha value is -1.94. The number of aromatic nitrogens is 1. The lowest BCUT2D eigenvalue weighted by molar-refractivity contribution is 0.427. The third-order valence-electron chi connectivity index (χ3n) is 2.34. The van der Waals surface area contributed by atoms with E-state index in [-0.39, 0.29) is 11.8 Å². The van der Waals surface area contributed by atoms with Crippen LogP contribution in [-0.4, -0.2) is 4.98 Å². The molecule has 3 nitrogen and oxygen atoms in total. The molecule has 1 atom stereocenters. The minimum absolute atomic E-state index is 0.0787. The molecule has 1 aromatic heterocycles. The van der Waals surface area contributed by atoms with E-state index in [2.05, 4.69) is 4.98 Å². The maximum Gasteiger partial charge on any atom is 0.219 e. The topological polar surface area (TPSA) is 48.1 Å². The van der Waals surface area contributed by atoms with Crippen molar-refractivity contribution in [1.29, 1.82) is 0 Å². The summed E-state index contributed by atoms with van der Waals surface area (Å²) in [6, 6.07) is 9.61. The van der Waals surface area contributed by atoms with Crippen LogP contribution in [0.2, 0.25) is 0 Å². The molecule has 0 aliphatic heterocycles. The van der Waals surface area contributed by atoms with Gasteiger partial charge in [-0.2, -0.15) is 0 Å². The van der Waals surface area contributed by atoms with Crippen LogP contribution >= 0.6 is 0 Å². The van der Waals surface area contributed by atoms with Crippen LogP contribution in [0.3, 0.4) is 0 Å². The molecule has 0 spiro atoms. The van der Waals surface area contributed by atoms with Gasteiger partial charge in [0, 0.05) is 18.3 Å². The molecule has 17 heavy (non-hydrogen) atoms. The van der Waals surface area contributed by atoms with Gasteiger partial charge in [-0.15, -0.1) is 0 Å². The second-order valence-corrected chi connectivity index (χ2v) is 3.75. The van der Waals surface area contributed by atoms with Crippen molar-refractivity contribution in [2.45, 2.75) is 13.0 Å². The van der Waals surface area contributed by atoms with Crippen LogP contribution in [0.1, 0.15) is 18.5 Å². The number of nitrogens with two attached hydrogens (primary N) is 1. The maximum atomic E-state index is 13.3. The highest BCUT2D eigenvalue weighted by atomic mass is 19.1. The summed E-state index contributed by atoms with van der Waals surface area (Å²) in [5.74, 6) is 0.0959. The van der Waals surface area contributed by atoms with Gasteiger partial charge in [-0.25, -0.2) is 9.37 Å². The van der Waals surface area contributed by atoms with Crippen LogP contribution < -0.4 is 10.5 Å². The highest BCUT2D eigenvalue weighted by molar-refractivity contribution is 5.29. The Morgan fingerprint density at radius 1 is 1.24 bits per heavy atom. The number of para-hydroxylation sites is 1. The molecule has 0 saturated heterocycles. The van der Waals surface area contributed by atoms with Crippen molar-refractivity contribution in [3.8, 4) is 11.6 Å². The van der Waals surface area contributed by atoms with Crippen LogP contribution in [0.5, 0.6) is 11.6 Å². The first kappa shape index (κ1) is 11.5. The molecule has 1 aromatic carbocycles. The van der Waals surface area contributed by atoms with Crippen LogP contribution in [0, 0.1) is 5.82 Å². The first-order valence-corrected chi connectivity index (χ1v) is 5.31. The highest BCUT2D eigenvalue weighted by Crippen LogP contribution is 2.22. The molecule has 1 heterocycles. The Morgan fingerprint density at radius 3 is 2.59 bits per heavy atom. The fourth-order valence-corrected chi connectivity index (χ4v) is 1.36. The molecule has 0 bridgehead atoms. The number of hydrogen-bond donors (Lipinski definition) is 1. The zero-order valence-corrected chi connectivity index (χ0v) is 9.43. The fourth-order valence-electron chi connectivity index (χ4n) is 1.36. The Morgan fingerprint density at radius 2 is 2.00 bits per heavy atom. The first-order valence-electron chi connectivity index (χ1n) is 5.31. The normalized spacial score (nSPS) is 12.2. The molecule has 0 radical (unpaired) electrons. The number of benzene rings is 1. The summed E-state index contributed by atoms with van der Waals surface area (Å²) in [5.41, 5.74) is 6.61. The van der Waals surface area contributed by atoms with Gasteiger partial charge in [0.1, 0.15) is 0 Å². The van der Waals surface area contributed by atoms with Gasteiger partial charge in [0.2, 0.25) is 5.88 Å². The zero-order chi connectivity index (χ0) is 12.3. The van der Waals surface area contributed by atoms with Gasteiger partial charge in [0.05, 0.1) is 0 Å². The summed E-state index contributed by atoms with van der Waals surface area (Å²) in [5, 5.41) is 0. The first-order chi connectivity index (χ1) is 8.16. The van der Waals surface area contributed by atoms with Gasteiger partial charge in [-0.05, 0) is 24.6 Å². The molecular formula is C13H13FN2O. The van der Waals surface area contributed by atoms with Gasteiger partial charge >= 0.3 is 0 Å². The van der Waals surface area contributed by atoms with E-state index in [9.17, 15) is 4.39 Å². The van der Waals surface area contributed by atoms with Crippen molar-refractivity contribution in [1.82, 2.24) is 4.98 Å². The smallest absolute Gasteiger partial charge is 0.219 e. The van der Waals surface area contributed by atoms with E-state index in [1.165, 1.54) is 6.07 Å². The quantitative estimate of drug-likeness (QED) is 0.884. The van der Waals surface area contributed by atoms with Crippen molar-refractivity contribution < 1.29 is 9.13 Å². The molecule has 88 valence electrons. The second kappa shape index (κ2) is 4.93. The molecular weight excluding hydrogens is 219 g/mol. The third-order valence-corrected chi connectivity index (χ3v) is 2.34. The predicted molar refractivity (Wildman–Crippen MR) is 63.3 cm³/mol. The summed E-state index contributed by atoms with van der Waals surface area (Å²) in [6.07, 6.45) is 1.63. The van der Waals surface area contributed by atoms with E-state index in [0.29, 0.717) is 5.88 Å². The summed E-state index contributed by atoms with van der Waals surface area (Å²) < 4.78 is 18.6. The molecule has 1 unspecified atom stereocenters. The van der Waals surface area contributed by atoms with E-state index < -0.39 is 5.82 Å². The van der Waals surface area contributed by atoms with Crippen molar-refractivity contribution in [3.63, 3.8) is 0 Å². The lowest BCUT2D eigenvalue weighted by Gasteiger charge is -2.07. The number of rotatable bonds is 3. The van der Waals surface area contributed by atoms with Gasteiger partial charge in [0.15, 0.2) is 11.6 Å². The van der Waals surface area contributed by atoms with Crippen LogP contribution in [0.25, 0.3) is 0 Å². The summed E-state index contributed by atoms with van der Waals surface area (Å²) in [4.78, 5) is 4.07. The molecule has 0 aliphatic rings. The van der Waals surface area contributed by atoms with Crippen LogP contribution in [-0.2, 0) is 0 Å². The largest absolute Gasteiger partial charge is 0.436 e. The lowest BCUT2D eigenvalue weighted by atomic mass is 10.2. The number of hydrogen-bond acceptors (Lipinski definition) is 3. The summed E-state index contributed by atoms with van der Waals surface area (Å²) in [6.45, 7) is 1.87. The molecule has 4 heteroatoms. The maximum absolute atomic E-state index is 13.3. The zero-order valence-electron chi connectivity index (χ0n) is 9.43. The SMILES string of the molecule is CC(N)c1ccc(Oc2ccccc2F)nc1. The summed E-state index contributed by atoms with van der Waals surface area (Å²) in [7, 11) is 0. The molecule has 2 N–H and O–H groups in total. The van der Waals surface area contributed by atoms with Crippen molar-refractivity contribution >= 4 is 0 Å². The average Bonchev–Trinajstić information content (AvgIpc) is 2.33. The van der Waals surface area contributed by atoms with Crippen molar-refractivity contribution in [3.05, 3.63) is 54.0 Å². The van der Waals surface area contributed by atoms with Gasteiger partial charge in [-0.1, -0.05) is 18.2 Å². The summed E-state index contributed by atoms with van der Waals surface area (Å²) >= 11 is 0. The van der Waals surface area contributed by atoms with Crippen LogP contribution in [0.4, 0.5) is 4.39 Å². The highest BCUT2D eigenvalue weighted by Gasteiger charge is 2.05. The lowest BCUT2D eigenvalue weighted by Crippen LogP contribution is -2.05. The fraction of sp³-hybridized carbons (Fsp3) is 0.154. The molecule has 0 amide bonds. The van der Waals surface area contributed by atoms with Crippen molar-refractivity contribution in [2.75, 3.05) is 0 Å². The number of ether oxygens (including phenoxy) is 1. The monoisotopic (exact) mass is 232 g/mol. The Bertz CT molecular complexity index is 497. The molecule has 2 aromatic rings. The molecule has 2 rings (SSSR count). The molecule has 0 aliphatic carbocycles. The van der Waals surface area contributed by atoms with E-state index in [0.717, 1.165) is 5.56 Å². The van der Waals surface area contributed by atoms with E-state index >= 15 is 0 Å². The van der Waals surface area contributed by atoms with Gasteiger partial charge in [0.25, 0.3) is 0 Å². The third kappa shape index (κ3) is 2.79. The minimum Gasteiger partial charge on any atom is -0.436 e. The Balaban J connectivity index is 2.17. The van der Waals surface area contributed by atoms with E-state index in [4.69, 9.17) is 10.5 Å². The number of pyridine rings is 1. The standard InChI is InChI=1S/C13H13FN2O/c1-9(15)10-6-7-13(16-8-10)17-12-5-3-2-4-11(12)14/h2-9H,15H2,1H3. The number of nitrogens with zero attached hydrogens (tertiary/aromatic N) is 1. The Labute approximate surface area is 99.1 Å². The van der Waals surface area contributed by atoms with E-state index in [1.54, 1.807) is 30.5 Å². The Kier molecular flexibility index (Phi) is 3.35. The second-order valence-electron chi connectivity index (χ2n) is 3.75. The molecule has 0 fully saturated rings. The average molecular weight is 232 g/mol.